The Labute approximate surface area is 132 Å². The van der Waals surface area contributed by atoms with E-state index in [1.54, 1.807) is 24.4 Å². The molecule has 0 aliphatic carbocycles. The molecule has 0 fully saturated rings. The van der Waals surface area contributed by atoms with Crippen LogP contribution in [0.25, 0.3) is 15.9 Å². The van der Waals surface area contributed by atoms with Gasteiger partial charge in [0.2, 0.25) is 10.7 Å². The summed E-state index contributed by atoms with van der Waals surface area (Å²) in [6, 6.07) is 13.1. The Balaban J connectivity index is 1.83. The largest absolute Gasteiger partial charge is 0.362 e. The van der Waals surface area contributed by atoms with Crippen LogP contribution in [-0.2, 0) is 0 Å². The first-order valence-corrected chi connectivity index (χ1v) is 8.00. The summed E-state index contributed by atoms with van der Waals surface area (Å²) in [4.78, 5) is 19.8. The van der Waals surface area contributed by atoms with E-state index in [9.17, 15) is 10.1 Å². The van der Waals surface area contributed by atoms with E-state index in [-0.39, 0.29) is 5.82 Å². The van der Waals surface area contributed by atoms with E-state index in [4.69, 9.17) is 0 Å². The Hall–Kier alpha value is -2.45. The number of hydrogen-bond acceptors (Lipinski definition) is 6. The van der Waals surface area contributed by atoms with E-state index in [0.29, 0.717) is 10.7 Å². The second-order valence-electron chi connectivity index (χ2n) is 4.48. The zero-order chi connectivity index (χ0) is 15.1. The molecule has 4 aromatic rings. The lowest BCUT2D eigenvalue weighted by atomic mass is 10.3. The number of nitro groups is 1. The van der Waals surface area contributed by atoms with Gasteiger partial charge in [-0.2, -0.15) is 9.38 Å². The fourth-order valence-electron chi connectivity index (χ4n) is 2.17. The number of pyridine rings is 1. The molecule has 0 atom stereocenters. The summed E-state index contributed by atoms with van der Waals surface area (Å²) < 4.78 is 3.28. The van der Waals surface area contributed by atoms with Gasteiger partial charge in [-0.25, -0.2) is 4.98 Å². The van der Waals surface area contributed by atoms with Gasteiger partial charge in [-0.1, -0.05) is 18.2 Å². The Kier molecular flexibility index (Phi) is 3.05. The van der Waals surface area contributed by atoms with Gasteiger partial charge in [0.05, 0.1) is 16.4 Å². The molecule has 0 radical (unpaired) electrons. The Morgan fingerprint density at radius 3 is 2.77 bits per heavy atom. The molecule has 0 bridgehead atoms. The van der Waals surface area contributed by atoms with Gasteiger partial charge in [0.1, 0.15) is 0 Å². The highest BCUT2D eigenvalue weighted by Gasteiger charge is 2.24. The van der Waals surface area contributed by atoms with Crippen molar-refractivity contribution in [3.63, 3.8) is 0 Å². The second kappa shape index (κ2) is 5.08. The molecule has 22 heavy (non-hydrogen) atoms. The van der Waals surface area contributed by atoms with Crippen molar-refractivity contribution in [3.05, 3.63) is 58.8 Å². The van der Waals surface area contributed by atoms with Crippen LogP contribution in [0, 0.1) is 10.1 Å². The highest BCUT2D eigenvalue weighted by molar-refractivity contribution is 8.01. The Bertz CT molecular complexity index is 975. The molecule has 0 spiro atoms. The van der Waals surface area contributed by atoms with Crippen LogP contribution in [0.2, 0.25) is 0 Å². The average molecular weight is 328 g/mol. The lowest BCUT2D eigenvalue weighted by Gasteiger charge is -1.95. The normalized spacial score (nSPS) is 11.3. The minimum absolute atomic E-state index is 0.0279. The van der Waals surface area contributed by atoms with Crippen LogP contribution in [0.15, 0.2) is 58.0 Å². The molecular weight excluding hydrogens is 320 g/mol. The third-order valence-corrected chi connectivity index (χ3v) is 5.17. The summed E-state index contributed by atoms with van der Waals surface area (Å²) in [5, 5.41) is 11.7. The maximum atomic E-state index is 11.4. The van der Waals surface area contributed by atoms with Crippen LogP contribution < -0.4 is 0 Å². The first-order valence-electron chi connectivity index (χ1n) is 6.37. The third kappa shape index (κ3) is 2.13. The predicted octanol–water partition coefficient (Wildman–Crippen LogP) is 4.00. The summed E-state index contributed by atoms with van der Waals surface area (Å²) in [5.74, 6) is -0.0279. The Morgan fingerprint density at radius 2 is 1.95 bits per heavy atom. The quantitative estimate of drug-likeness (QED) is 0.420. The van der Waals surface area contributed by atoms with Crippen molar-refractivity contribution >= 4 is 44.8 Å². The van der Waals surface area contributed by atoms with E-state index in [0.717, 1.165) is 14.6 Å². The predicted molar refractivity (Wildman–Crippen MR) is 85.6 cm³/mol. The first kappa shape index (κ1) is 13.2. The van der Waals surface area contributed by atoms with Crippen LogP contribution in [0.3, 0.4) is 0 Å². The first-order chi connectivity index (χ1) is 10.7. The number of thiazole rings is 1. The maximum absolute atomic E-state index is 11.4. The van der Waals surface area contributed by atoms with Gasteiger partial charge >= 0.3 is 5.82 Å². The summed E-state index contributed by atoms with van der Waals surface area (Å²) in [5.41, 5.74) is 1.44. The molecule has 4 rings (SSSR count). The molecule has 3 aromatic heterocycles. The molecule has 8 heteroatoms. The summed E-state index contributed by atoms with van der Waals surface area (Å²) in [7, 11) is 0. The second-order valence-corrected chi connectivity index (χ2v) is 6.74. The fraction of sp³-hybridized carbons (Fsp3) is 0. The fourth-order valence-corrected chi connectivity index (χ4v) is 4.26. The Morgan fingerprint density at radius 1 is 1.14 bits per heavy atom. The van der Waals surface area contributed by atoms with Gasteiger partial charge in [-0.05, 0) is 34.9 Å². The van der Waals surface area contributed by atoms with Crippen LogP contribution >= 0.6 is 23.1 Å². The standard InChI is InChI=1S/C14H8N4O2S2/c19-18(20)13-12(16-11-7-3-4-8-17(11)13)22-14-15-9-5-1-2-6-10(9)21-14/h1-8H. The molecule has 108 valence electrons. The molecule has 3 heterocycles. The van der Waals surface area contributed by atoms with Crippen molar-refractivity contribution in [3.8, 4) is 0 Å². The van der Waals surface area contributed by atoms with E-state index >= 15 is 0 Å². The van der Waals surface area contributed by atoms with Gasteiger partial charge in [0, 0.05) is 6.07 Å². The van der Waals surface area contributed by atoms with E-state index in [2.05, 4.69) is 9.97 Å². The monoisotopic (exact) mass is 328 g/mol. The van der Waals surface area contributed by atoms with Crippen molar-refractivity contribution in [2.75, 3.05) is 0 Å². The van der Waals surface area contributed by atoms with Gasteiger partial charge < -0.3 is 10.1 Å². The van der Waals surface area contributed by atoms with Gasteiger partial charge in [0.15, 0.2) is 4.34 Å². The number of aromatic nitrogens is 3. The molecule has 1 aromatic carbocycles. The number of nitrogens with zero attached hydrogens (tertiary/aromatic N) is 4. The van der Waals surface area contributed by atoms with Crippen molar-refractivity contribution in [2.45, 2.75) is 9.37 Å². The zero-order valence-corrected chi connectivity index (χ0v) is 12.7. The number of fused-ring (bicyclic) bond motifs is 2. The summed E-state index contributed by atoms with van der Waals surface area (Å²) in [6.07, 6.45) is 1.64. The molecule has 0 unspecified atom stereocenters. The van der Waals surface area contributed by atoms with Gasteiger partial charge in [-0.15, -0.1) is 11.3 Å². The van der Waals surface area contributed by atoms with Crippen molar-refractivity contribution in [1.82, 2.24) is 14.4 Å². The SMILES string of the molecule is O=[N+]([O-])c1c(Sc2nc3ccccc3s2)nc2ccccn12. The summed E-state index contributed by atoms with van der Waals surface area (Å²) >= 11 is 2.73. The number of benzene rings is 1. The van der Waals surface area contributed by atoms with Crippen LogP contribution in [0.5, 0.6) is 0 Å². The minimum atomic E-state index is -0.407. The van der Waals surface area contributed by atoms with E-state index < -0.39 is 4.92 Å². The van der Waals surface area contributed by atoms with Crippen molar-refractivity contribution in [1.29, 1.82) is 0 Å². The van der Waals surface area contributed by atoms with E-state index in [1.807, 2.05) is 24.3 Å². The molecule has 0 aliphatic heterocycles. The van der Waals surface area contributed by atoms with Crippen LogP contribution in [0.4, 0.5) is 5.82 Å². The molecule has 0 aliphatic rings. The third-order valence-electron chi connectivity index (χ3n) is 3.11. The highest BCUT2D eigenvalue weighted by atomic mass is 32.2. The highest BCUT2D eigenvalue weighted by Crippen LogP contribution is 2.38. The lowest BCUT2D eigenvalue weighted by molar-refractivity contribution is -0.393. The van der Waals surface area contributed by atoms with Gasteiger partial charge in [0.25, 0.3) is 0 Å². The molecule has 0 N–H and O–H groups in total. The molecule has 6 nitrogen and oxygen atoms in total. The van der Waals surface area contributed by atoms with Gasteiger partial charge in [-0.3, -0.25) is 0 Å². The lowest BCUT2D eigenvalue weighted by Crippen LogP contribution is -1.94. The number of hydrogen-bond donors (Lipinski definition) is 0. The topological polar surface area (TPSA) is 73.3 Å². The number of rotatable bonds is 3. The van der Waals surface area contributed by atoms with Crippen molar-refractivity contribution < 1.29 is 4.92 Å². The smallest absolute Gasteiger partial charge is 0.358 e. The van der Waals surface area contributed by atoms with Crippen LogP contribution in [0.1, 0.15) is 0 Å². The minimum Gasteiger partial charge on any atom is -0.358 e. The number of para-hydroxylation sites is 1. The molecule has 0 saturated heterocycles. The van der Waals surface area contributed by atoms with Crippen LogP contribution in [-0.4, -0.2) is 19.3 Å². The van der Waals surface area contributed by atoms with E-state index in [1.165, 1.54) is 27.5 Å². The summed E-state index contributed by atoms with van der Waals surface area (Å²) in [6.45, 7) is 0. The molecule has 0 amide bonds. The van der Waals surface area contributed by atoms with Crippen molar-refractivity contribution in [2.24, 2.45) is 0 Å². The average Bonchev–Trinajstić information content (AvgIpc) is 3.06. The molecule has 0 saturated carbocycles. The zero-order valence-electron chi connectivity index (χ0n) is 11.0. The maximum Gasteiger partial charge on any atom is 0.362 e. The molecular formula is C14H8N4O2S2. The number of imidazole rings is 1.